The SMILES string of the molecule is COCCCC(OC1CN(C(=O)OC(C)(C)C)CCC1c1ccc(OCCCOc2c(OC)cccc2OC)cc1)c1ccc2c(c1)NC(=O)CC2. The van der Waals surface area contributed by atoms with E-state index in [1.807, 2.05) is 57.2 Å². The summed E-state index contributed by atoms with van der Waals surface area (Å²) in [6.45, 7) is 8.07. The van der Waals surface area contributed by atoms with E-state index in [4.69, 9.17) is 33.2 Å². The molecule has 3 aromatic carbocycles. The molecular weight excluding hydrogens is 664 g/mol. The molecule has 2 heterocycles. The number of fused-ring (bicyclic) bond motifs is 1. The molecule has 2 amide bonds. The molecule has 5 rings (SSSR count). The first kappa shape index (κ1) is 38.7. The molecule has 52 heavy (non-hydrogen) atoms. The van der Waals surface area contributed by atoms with E-state index in [-0.39, 0.29) is 30.1 Å². The van der Waals surface area contributed by atoms with Crippen molar-refractivity contribution in [3.8, 4) is 23.0 Å². The molecule has 0 spiro atoms. The minimum atomic E-state index is -0.607. The highest BCUT2D eigenvalue weighted by Gasteiger charge is 2.37. The number of nitrogens with one attached hydrogen (secondary N) is 1. The topological polar surface area (TPSA) is 114 Å². The molecular formula is C41H54N2O9. The summed E-state index contributed by atoms with van der Waals surface area (Å²) in [5, 5.41) is 3.03. The van der Waals surface area contributed by atoms with Crippen molar-refractivity contribution >= 4 is 17.7 Å². The number of amides is 2. The number of nitrogens with zero attached hydrogens (tertiary/aromatic N) is 1. The van der Waals surface area contributed by atoms with Gasteiger partial charge < -0.3 is 43.4 Å². The van der Waals surface area contributed by atoms with Crippen LogP contribution in [0.2, 0.25) is 0 Å². The first-order chi connectivity index (χ1) is 25.1. The Kier molecular flexibility index (Phi) is 13.7. The zero-order valence-electron chi connectivity index (χ0n) is 31.4. The normalized spacial score (nSPS) is 17.8. The van der Waals surface area contributed by atoms with Crippen LogP contribution in [0.4, 0.5) is 10.5 Å². The van der Waals surface area contributed by atoms with Crippen molar-refractivity contribution in [3.05, 3.63) is 77.4 Å². The van der Waals surface area contributed by atoms with Crippen LogP contribution in [0.3, 0.4) is 0 Å². The number of hydrogen-bond acceptors (Lipinski definition) is 9. The predicted octanol–water partition coefficient (Wildman–Crippen LogP) is 7.71. The van der Waals surface area contributed by atoms with Crippen LogP contribution < -0.4 is 24.3 Å². The van der Waals surface area contributed by atoms with E-state index < -0.39 is 5.60 Å². The molecule has 282 valence electrons. The molecule has 11 nitrogen and oxygen atoms in total. The first-order valence-corrected chi connectivity index (χ1v) is 18.2. The number of aryl methyl sites for hydroxylation is 1. The summed E-state index contributed by atoms with van der Waals surface area (Å²) >= 11 is 0. The number of hydrogen-bond donors (Lipinski definition) is 1. The van der Waals surface area contributed by atoms with E-state index in [2.05, 4.69) is 29.6 Å². The Morgan fingerprint density at radius 3 is 2.33 bits per heavy atom. The molecule has 1 N–H and O–H groups in total. The lowest BCUT2D eigenvalue weighted by atomic mass is 9.86. The maximum absolute atomic E-state index is 13.3. The molecule has 1 saturated heterocycles. The smallest absolute Gasteiger partial charge is 0.410 e. The van der Waals surface area contributed by atoms with Crippen molar-refractivity contribution in [1.29, 1.82) is 0 Å². The fraction of sp³-hybridized carbons (Fsp3) is 0.512. The number of para-hydroxylation sites is 1. The standard InChI is InChI=1S/C41H54N2O9/c1-41(2,3)52-40(45)43-22-21-32(28-15-18-31(19-16-28)49-24-9-25-50-39-35(47-5)10-7-11-36(39)48-6)37(27-43)51-34(12-8-23-46-4)30-14-13-29-17-20-38(44)42-33(29)26-30/h7,10-11,13-16,18-19,26,32,34,37H,8-9,12,17,20-25,27H2,1-6H3,(H,42,44). The van der Waals surface area contributed by atoms with E-state index in [9.17, 15) is 9.59 Å². The number of likely N-dealkylation sites (tertiary alicyclic amines) is 1. The summed E-state index contributed by atoms with van der Waals surface area (Å²) in [6, 6.07) is 19.9. The largest absolute Gasteiger partial charge is 0.493 e. The van der Waals surface area contributed by atoms with Gasteiger partial charge in [-0.15, -0.1) is 0 Å². The molecule has 2 aliphatic rings. The van der Waals surface area contributed by atoms with Crippen LogP contribution in [-0.4, -0.2) is 82.8 Å². The van der Waals surface area contributed by atoms with Crippen molar-refractivity contribution < 1.29 is 42.7 Å². The molecule has 3 aromatic rings. The van der Waals surface area contributed by atoms with Gasteiger partial charge in [-0.2, -0.15) is 0 Å². The van der Waals surface area contributed by atoms with E-state index in [0.717, 1.165) is 47.4 Å². The Labute approximate surface area is 307 Å². The van der Waals surface area contributed by atoms with Gasteiger partial charge in [-0.05, 0) is 93.5 Å². The molecule has 0 saturated carbocycles. The Morgan fingerprint density at radius 1 is 0.904 bits per heavy atom. The number of anilines is 1. The number of ether oxygens (including phenoxy) is 7. The van der Waals surface area contributed by atoms with E-state index in [1.54, 1.807) is 26.2 Å². The average molecular weight is 719 g/mol. The zero-order valence-corrected chi connectivity index (χ0v) is 31.4. The summed E-state index contributed by atoms with van der Waals surface area (Å²) in [7, 11) is 4.90. The molecule has 3 atom stereocenters. The lowest BCUT2D eigenvalue weighted by Gasteiger charge is -2.40. The van der Waals surface area contributed by atoms with Crippen LogP contribution in [0.15, 0.2) is 60.7 Å². The number of benzene rings is 3. The van der Waals surface area contributed by atoms with Crippen LogP contribution >= 0.6 is 0 Å². The lowest BCUT2D eigenvalue weighted by molar-refractivity contribution is -0.116. The lowest BCUT2D eigenvalue weighted by Crippen LogP contribution is -2.48. The Morgan fingerprint density at radius 2 is 1.63 bits per heavy atom. The van der Waals surface area contributed by atoms with Gasteiger partial charge in [0.15, 0.2) is 11.5 Å². The fourth-order valence-electron chi connectivity index (χ4n) is 6.65. The fourth-order valence-corrected chi connectivity index (χ4v) is 6.65. The number of carbonyl (C=O) groups excluding carboxylic acids is 2. The van der Waals surface area contributed by atoms with E-state index in [0.29, 0.717) is 69.4 Å². The molecule has 0 aromatic heterocycles. The van der Waals surface area contributed by atoms with Gasteiger partial charge in [0.25, 0.3) is 0 Å². The molecule has 0 aliphatic carbocycles. The van der Waals surface area contributed by atoms with Gasteiger partial charge in [0.2, 0.25) is 11.7 Å². The highest BCUT2D eigenvalue weighted by Crippen LogP contribution is 2.39. The Balaban J connectivity index is 1.28. The maximum Gasteiger partial charge on any atom is 0.410 e. The monoisotopic (exact) mass is 718 g/mol. The van der Waals surface area contributed by atoms with Crippen molar-refractivity contribution in [2.75, 3.05) is 59.6 Å². The Hall–Kier alpha value is -4.48. The van der Waals surface area contributed by atoms with Gasteiger partial charge in [0.1, 0.15) is 11.4 Å². The first-order valence-electron chi connectivity index (χ1n) is 18.2. The molecule has 1 fully saturated rings. The number of methoxy groups -OCH3 is 3. The number of rotatable bonds is 16. The van der Waals surface area contributed by atoms with Crippen LogP contribution in [0, 0.1) is 0 Å². The van der Waals surface area contributed by atoms with Gasteiger partial charge >= 0.3 is 6.09 Å². The van der Waals surface area contributed by atoms with Crippen LogP contribution in [-0.2, 0) is 25.4 Å². The number of carbonyl (C=O) groups is 2. The van der Waals surface area contributed by atoms with Crippen molar-refractivity contribution in [2.45, 2.75) is 83.0 Å². The molecule has 0 bridgehead atoms. The predicted molar refractivity (Wildman–Crippen MR) is 199 cm³/mol. The third-order valence-corrected chi connectivity index (χ3v) is 9.26. The average Bonchev–Trinajstić information content (AvgIpc) is 3.13. The summed E-state index contributed by atoms with van der Waals surface area (Å²) in [4.78, 5) is 27.2. The molecule has 0 radical (unpaired) electrons. The van der Waals surface area contributed by atoms with Gasteiger partial charge in [-0.1, -0.05) is 30.3 Å². The van der Waals surface area contributed by atoms with Crippen LogP contribution in [0.25, 0.3) is 0 Å². The summed E-state index contributed by atoms with van der Waals surface area (Å²) < 4.78 is 41.1. The van der Waals surface area contributed by atoms with Crippen LogP contribution in [0.5, 0.6) is 23.0 Å². The summed E-state index contributed by atoms with van der Waals surface area (Å²) in [6.07, 6.45) is 3.17. The molecule has 3 unspecified atom stereocenters. The summed E-state index contributed by atoms with van der Waals surface area (Å²) in [5.74, 6) is 2.62. The van der Waals surface area contributed by atoms with Gasteiger partial charge in [-0.3, -0.25) is 4.79 Å². The maximum atomic E-state index is 13.3. The third kappa shape index (κ3) is 10.5. The van der Waals surface area contributed by atoms with E-state index >= 15 is 0 Å². The second-order valence-electron chi connectivity index (χ2n) is 14.2. The Bertz CT molecular complexity index is 1600. The highest BCUT2D eigenvalue weighted by atomic mass is 16.6. The summed E-state index contributed by atoms with van der Waals surface area (Å²) in [5.41, 5.74) is 3.45. The quantitative estimate of drug-likeness (QED) is 0.149. The second kappa shape index (κ2) is 18.3. The second-order valence-corrected chi connectivity index (χ2v) is 14.2. The zero-order chi connectivity index (χ0) is 37.1. The third-order valence-electron chi connectivity index (χ3n) is 9.26. The van der Waals surface area contributed by atoms with Gasteiger partial charge in [0, 0.05) is 44.7 Å². The van der Waals surface area contributed by atoms with E-state index in [1.165, 1.54) is 0 Å². The molecule has 2 aliphatic heterocycles. The van der Waals surface area contributed by atoms with Crippen molar-refractivity contribution in [1.82, 2.24) is 4.90 Å². The number of piperidine rings is 1. The van der Waals surface area contributed by atoms with Crippen molar-refractivity contribution in [3.63, 3.8) is 0 Å². The van der Waals surface area contributed by atoms with Crippen molar-refractivity contribution in [2.24, 2.45) is 0 Å². The molecule has 11 heteroatoms. The highest BCUT2D eigenvalue weighted by molar-refractivity contribution is 5.94. The minimum absolute atomic E-state index is 0.0242. The van der Waals surface area contributed by atoms with Gasteiger partial charge in [-0.25, -0.2) is 4.79 Å². The van der Waals surface area contributed by atoms with Crippen LogP contribution in [0.1, 0.15) is 81.6 Å². The van der Waals surface area contributed by atoms with Gasteiger partial charge in [0.05, 0.1) is 46.2 Å². The minimum Gasteiger partial charge on any atom is -0.493 e.